The Hall–Kier alpha value is -0.0800. The maximum Gasteiger partial charge on any atom is 0.00385 e. The second-order valence-corrected chi connectivity index (χ2v) is 5.85. The van der Waals surface area contributed by atoms with Crippen LogP contribution in [0, 0.1) is 11.8 Å². The van der Waals surface area contributed by atoms with Gasteiger partial charge < -0.3 is 10.6 Å². The van der Waals surface area contributed by atoms with E-state index in [0.29, 0.717) is 6.04 Å². The zero-order chi connectivity index (χ0) is 13.3. The van der Waals surface area contributed by atoms with Crippen LogP contribution in [0.2, 0.25) is 0 Å². The van der Waals surface area contributed by atoms with Gasteiger partial charge in [0.1, 0.15) is 0 Å². The third-order valence-electron chi connectivity index (χ3n) is 3.74. The SMILES string of the molecule is CCCN(CCCC(CCN)C(C)C)C(C)C. The third-order valence-corrected chi connectivity index (χ3v) is 3.74. The molecule has 0 rings (SSSR count). The van der Waals surface area contributed by atoms with Crippen molar-refractivity contribution in [2.24, 2.45) is 17.6 Å². The molecule has 0 aliphatic heterocycles. The van der Waals surface area contributed by atoms with Gasteiger partial charge in [-0.2, -0.15) is 0 Å². The van der Waals surface area contributed by atoms with Crippen LogP contribution in [0.5, 0.6) is 0 Å². The summed E-state index contributed by atoms with van der Waals surface area (Å²) in [5.74, 6) is 1.59. The van der Waals surface area contributed by atoms with E-state index in [2.05, 4.69) is 39.5 Å². The van der Waals surface area contributed by atoms with Crippen LogP contribution in [0.15, 0.2) is 0 Å². The monoisotopic (exact) mass is 242 g/mol. The fourth-order valence-corrected chi connectivity index (χ4v) is 2.50. The molecule has 0 fully saturated rings. The number of rotatable bonds is 10. The summed E-state index contributed by atoms with van der Waals surface area (Å²) in [6, 6.07) is 0.682. The van der Waals surface area contributed by atoms with Crippen LogP contribution >= 0.6 is 0 Å². The molecule has 0 heterocycles. The summed E-state index contributed by atoms with van der Waals surface area (Å²) in [6.45, 7) is 14.8. The lowest BCUT2D eigenvalue weighted by atomic mass is 9.88. The van der Waals surface area contributed by atoms with E-state index in [1.165, 1.54) is 38.8 Å². The van der Waals surface area contributed by atoms with Crippen molar-refractivity contribution in [1.29, 1.82) is 0 Å². The van der Waals surface area contributed by atoms with E-state index in [-0.39, 0.29) is 0 Å². The zero-order valence-corrected chi connectivity index (χ0v) is 12.7. The van der Waals surface area contributed by atoms with Crippen LogP contribution in [0.25, 0.3) is 0 Å². The summed E-state index contributed by atoms with van der Waals surface area (Å²) in [5.41, 5.74) is 5.68. The van der Waals surface area contributed by atoms with Crippen LogP contribution in [0.3, 0.4) is 0 Å². The highest BCUT2D eigenvalue weighted by Crippen LogP contribution is 2.20. The molecule has 1 unspecified atom stereocenters. The molecule has 2 N–H and O–H groups in total. The largest absolute Gasteiger partial charge is 0.330 e. The van der Waals surface area contributed by atoms with E-state index in [0.717, 1.165) is 18.4 Å². The summed E-state index contributed by atoms with van der Waals surface area (Å²) in [4.78, 5) is 2.60. The van der Waals surface area contributed by atoms with Crippen molar-refractivity contribution in [2.45, 2.75) is 66.3 Å². The molecule has 0 saturated carbocycles. The number of hydrogen-bond acceptors (Lipinski definition) is 2. The summed E-state index contributed by atoms with van der Waals surface area (Å²) >= 11 is 0. The van der Waals surface area contributed by atoms with E-state index < -0.39 is 0 Å². The topological polar surface area (TPSA) is 29.3 Å². The van der Waals surface area contributed by atoms with Gasteiger partial charge in [-0.15, -0.1) is 0 Å². The molecule has 0 aromatic rings. The number of nitrogens with zero attached hydrogens (tertiary/aromatic N) is 1. The Balaban J connectivity index is 3.91. The molecule has 2 heteroatoms. The van der Waals surface area contributed by atoms with Gasteiger partial charge in [-0.25, -0.2) is 0 Å². The Morgan fingerprint density at radius 2 is 1.65 bits per heavy atom. The number of nitrogens with two attached hydrogens (primary N) is 1. The molecule has 0 spiro atoms. The second kappa shape index (κ2) is 9.90. The normalized spacial score (nSPS) is 13.9. The highest BCUT2D eigenvalue weighted by atomic mass is 15.1. The molecule has 0 saturated heterocycles. The van der Waals surface area contributed by atoms with E-state index in [9.17, 15) is 0 Å². The van der Waals surface area contributed by atoms with Gasteiger partial charge in [0, 0.05) is 6.04 Å². The molecule has 0 aliphatic carbocycles. The van der Waals surface area contributed by atoms with Gasteiger partial charge in [-0.3, -0.25) is 0 Å². The molecule has 104 valence electrons. The van der Waals surface area contributed by atoms with E-state index in [1.54, 1.807) is 0 Å². The Bertz CT molecular complexity index is 148. The maximum absolute atomic E-state index is 5.68. The molecular formula is C15H34N2. The van der Waals surface area contributed by atoms with Gasteiger partial charge in [0.2, 0.25) is 0 Å². The smallest absolute Gasteiger partial charge is 0.00385 e. The van der Waals surface area contributed by atoms with Crippen LogP contribution < -0.4 is 5.73 Å². The lowest BCUT2D eigenvalue weighted by Crippen LogP contribution is -2.33. The fourth-order valence-electron chi connectivity index (χ4n) is 2.50. The summed E-state index contributed by atoms with van der Waals surface area (Å²) in [6.07, 6.45) is 5.10. The van der Waals surface area contributed by atoms with Crippen LogP contribution in [0.4, 0.5) is 0 Å². The second-order valence-electron chi connectivity index (χ2n) is 5.85. The van der Waals surface area contributed by atoms with Crippen molar-refractivity contribution in [3.63, 3.8) is 0 Å². The highest BCUT2D eigenvalue weighted by molar-refractivity contribution is 4.67. The fraction of sp³-hybridized carbons (Fsp3) is 1.00. The molecule has 0 aromatic carbocycles. The molecular weight excluding hydrogens is 208 g/mol. The van der Waals surface area contributed by atoms with E-state index in [4.69, 9.17) is 5.73 Å². The van der Waals surface area contributed by atoms with E-state index >= 15 is 0 Å². The Labute approximate surface area is 109 Å². The lowest BCUT2D eigenvalue weighted by molar-refractivity contribution is 0.206. The Morgan fingerprint density at radius 1 is 1.00 bits per heavy atom. The highest BCUT2D eigenvalue weighted by Gasteiger charge is 2.14. The molecule has 0 bridgehead atoms. The standard InChI is InChI=1S/C15H34N2/c1-6-11-17(14(4)5)12-7-8-15(9-10-16)13(2)3/h13-15H,6-12,16H2,1-5H3. The zero-order valence-electron chi connectivity index (χ0n) is 12.7. The lowest BCUT2D eigenvalue weighted by Gasteiger charge is -2.27. The molecule has 17 heavy (non-hydrogen) atoms. The predicted octanol–water partition coefficient (Wildman–Crippen LogP) is 3.51. The van der Waals surface area contributed by atoms with Crippen LogP contribution in [-0.2, 0) is 0 Å². The Kier molecular flexibility index (Phi) is 9.85. The van der Waals surface area contributed by atoms with Crippen molar-refractivity contribution in [3.05, 3.63) is 0 Å². The third kappa shape index (κ3) is 7.77. The minimum absolute atomic E-state index is 0.682. The first-order valence-electron chi connectivity index (χ1n) is 7.47. The summed E-state index contributed by atoms with van der Waals surface area (Å²) in [5, 5.41) is 0. The summed E-state index contributed by atoms with van der Waals surface area (Å²) < 4.78 is 0. The average molecular weight is 242 g/mol. The first-order chi connectivity index (χ1) is 8.02. The van der Waals surface area contributed by atoms with Crippen molar-refractivity contribution >= 4 is 0 Å². The van der Waals surface area contributed by atoms with Gasteiger partial charge in [-0.1, -0.05) is 20.8 Å². The predicted molar refractivity (Wildman–Crippen MR) is 78.2 cm³/mol. The number of hydrogen-bond donors (Lipinski definition) is 1. The quantitative estimate of drug-likeness (QED) is 0.635. The molecule has 1 atom stereocenters. The van der Waals surface area contributed by atoms with Gasteiger partial charge in [0.25, 0.3) is 0 Å². The molecule has 2 nitrogen and oxygen atoms in total. The van der Waals surface area contributed by atoms with Crippen molar-refractivity contribution in [2.75, 3.05) is 19.6 Å². The first-order valence-corrected chi connectivity index (χ1v) is 7.47. The van der Waals surface area contributed by atoms with Crippen LogP contribution in [0.1, 0.15) is 60.3 Å². The van der Waals surface area contributed by atoms with Crippen molar-refractivity contribution in [1.82, 2.24) is 4.90 Å². The van der Waals surface area contributed by atoms with Gasteiger partial charge in [0.15, 0.2) is 0 Å². The Morgan fingerprint density at radius 3 is 2.06 bits per heavy atom. The molecule has 0 amide bonds. The molecule has 0 aliphatic rings. The molecule has 0 radical (unpaired) electrons. The van der Waals surface area contributed by atoms with Crippen molar-refractivity contribution in [3.8, 4) is 0 Å². The van der Waals surface area contributed by atoms with Crippen LogP contribution in [-0.4, -0.2) is 30.6 Å². The molecule has 0 aromatic heterocycles. The maximum atomic E-state index is 5.68. The van der Waals surface area contributed by atoms with Gasteiger partial charge >= 0.3 is 0 Å². The van der Waals surface area contributed by atoms with Gasteiger partial charge in [0.05, 0.1) is 0 Å². The van der Waals surface area contributed by atoms with E-state index in [1.807, 2.05) is 0 Å². The minimum Gasteiger partial charge on any atom is -0.330 e. The minimum atomic E-state index is 0.682. The average Bonchev–Trinajstić information content (AvgIpc) is 2.26. The summed E-state index contributed by atoms with van der Waals surface area (Å²) in [7, 11) is 0. The van der Waals surface area contributed by atoms with Gasteiger partial charge in [-0.05, 0) is 71.0 Å². The van der Waals surface area contributed by atoms with Crippen molar-refractivity contribution < 1.29 is 0 Å². The first kappa shape index (κ1) is 16.9.